The predicted octanol–water partition coefficient (Wildman–Crippen LogP) is 4.09. The molecule has 1 amide bonds. The second kappa shape index (κ2) is 6.44. The highest BCUT2D eigenvalue weighted by molar-refractivity contribution is 9.10. The summed E-state index contributed by atoms with van der Waals surface area (Å²) < 4.78 is 1.03. The van der Waals surface area contributed by atoms with Gasteiger partial charge in [0.15, 0.2) is 0 Å². The molecule has 0 saturated carbocycles. The lowest BCUT2D eigenvalue weighted by Crippen LogP contribution is -2.34. The first-order valence-electron chi connectivity index (χ1n) is 7.11. The standard InChI is InChI=1S/C16H21BrN2O/c1-4-12(5-2)19-16(20)9-13-10(3)18-15-7-6-11(17)8-14(13)15/h6-8,12,18H,4-5,9H2,1-3H3,(H,19,20). The molecule has 0 spiro atoms. The summed E-state index contributed by atoms with van der Waals surface area (Å²) in [5.41, 5.74) is 3.23. The molecule has 0 radical (unpaired) electrons. The number of hydrogen-bond acceptors (Lipinski definition) is 1. The number of amides is 1. The molecule has 0 atom stereocenters. The van der Waals surface area contributed by atoms with Gasteiger partial charge in [0.2, 0.25) is 5.91 Å². The van der Waals surface area contributed by atoms with Crippen LogP contribution < -0.4 is 5.32 Å². The summed E-state index contributed by atoms with van der Waals surface area (Å²) in [4.78, 5) is 15.5. The van der Waals surface area contributed by atoms with Gasteiger partial charge in [-0.15, -0.1) is 0 Å². The summed E-state index contributed by atoms with van der Waals surface area (Å²) in [6, 6.07) is 6.39. The number of halogens is 1. The summed E-state index contributed by atoms with van der Waals surface area (Å²) in [6.07, 6.45) is 2.38. The summed E-state index contributed by atoms with van der Waals surface area (Å²) in [5.74, 6) is 0.0997. The Morgan fingerprint density at radius 3 is 2.70 bits per heavy atom. The van der Waals surface area contributed by atoms with Crippen molar-refractivity contribution in [2.45, 2.75) is 46.1 Å². The minimum atomic E-state index is 0.0997. The molecule has 0 aliphatic rings. The van der Waals surface area contributed by atoms with Crippen molar-refractivity contribution in [3.63, 3.8) is 0 Å². The fourth-order valence-electron chi connectivity index (χ4n) is 2.51. The zero-order chi connectivity index (χ0) is 14.7. The van der Waals surface area contributed by atoms with E-state index in [0.29, 0.717) is 6.42 Å². The Bertz CT molecular complexity index is 614. The molecule has 0 saturated heterocycles. The number of fused-ring (bicyclic) bond motifs is 1. The van der Waals surface area contributed by atoms with Crippen LogP contribution in [-0.4, -0.2) is 16.9 Å². The smallest absolute Gasteiger partial charge is 0.224 e. The number of aromatic amines is 1. The van der Waals surface area contributed by atoms with Crippen molar-refractivity contribution in [3.8, 4) is 0 Å². The molecule has 0 aliphatic heterocycles. The highest BCUT2D eigenvalue weighted by Crippen LogP contribution is 2.26. The van der Waals surface area contributed by atoms with Crippen molar-refractivity contribution in [3.05, 3.63) is 33.9 Å². The minimum Gasteiger partial charge on any atom is -0.358 e. The molecule has 1 heterocycles. The van der Waals surface area contributed by atoms with Gasteiger partial charge in [0.05, 0.1) is 6.42 Å². The molecule has 20 heavy (non-hydrogen) atoms. The molecule has 2 rings (SSSR count). The van der Waals surface area contributed by atoms with Crippen molar-refractivity contribution < 1.29 is 4.79 Å². The lowest BCUT2D eigenvalue weighted by atomic mass is 10.1. The summed E-state index contributed by atoms with van der Waals surface area (Å²) >= 11 is 3.49. The van der Waals surface area contributed by atoms with Crippen molar-refractivity contribution in [2.75, 3.05) is 0 Å². The van der Waals surface area contributed by atoms with E-state index in [2.05, 4.69) is 46.1 Å². The third-order valence-electron chi connectivity index (χ3n) is 3.77. The topological polar surface area (TPSA) is 44.9 Å². The van der Waals surface area contributed by atoms with Crippen LogP contribution in [0.15, 0.2) is 22.7 Å². The van der Waals surface area contributed by atoms with Crippen LogP contribution in [0.2, 0.25) is 0 Å². The lowest BCUT2D eigenvalue weighted by molar-refractivity contribution is -0.121. The maximum Gasteiger partial charge on any atom is 0.224 e. The molecule has 2 N–H and O–H groups in total. The van der Waals surface area contributed by atoms with Gasteiger partial charge in [-0.2, -0.15) is 0 Å². The van der Waals surface area contributed by atoms with Crippen molar-refractivity contribution in [1.82, 2.24) is 10.3 Å². The Labute approximate surface area is 128 Å². The van der Waals surface area contributed by atoms with E-state index in [4.69, 9.17) is 0 Å². The fraction of sp³-hybridized carbons (Fsp3) is 0.438. The van der Waals surface area contributed by atoms with E-state index in [-0.39, 0.29) is 11.9 Å². The maximum absolute atomic E-state index is 12.2. The van der Waals surface area contributed by atoms with Gasteiger partial charge >= 0.3 is 0 Å². The van der Waals surface area contributed by atoms with Crippen LogP contribution in [0, 0.1) is 6.92 Å². The average molecular weight is 337 g/mol. The van der Waals surface area contributed by atoms with Crippen molar-refractivity contribution in [2.24, 2.45) is 0 Å². The van der Waals surface area contributed by atoms with Gasteiger partial charge in [0, 0.05) is 27.1 Å². The fourth-order valence-corrected chi connectivity index (χ4v) is 2.88. The third-order valence-corrected chi connectivity index (χ3v) is 4.26. The highest BCUT2D eigenvalue weighted by Gasteiger charge is 2.14. The van der Waals surface area contributed by atoms with E-state index in [1.54, 1.807) is 0 Å². The Balaban J connectivity index is 2.22. The molecule has 0 bridgehead atoms. The number of H-pyrrole nitrogens is 1. The number of carbonyl (C=O) groups excluding carboxylic acids is 1. The zero-order valence-corrected chi connectivity index (χ0v) is 13.8. The molecular formula is C16H21BrN2O. The molecule has 108 valence electrons. The quantitative estimate of drug-likeness (QED) is 0.848. The number of hydrogen-bond donors (Lipinski definition) is 2. The normalized spacial score (nSPS) is 11.2. The minimum absolute atomic E-state index is 0.0997. The first-order valence-corrected chi connectivity index (χ1v) is 7.90. The van der Waals surface area contributed by atoms with E-state index in [0.717, 1.165) is 39.5 Å². The Morgan fingerprint density at radius 1 is 1.35 bits per heavy atom. The number of rotatable bonds is 5. The summed E-state index contributed by atoms with van der Waals surface area (Å²) in [7, 11) is 0. The summed E-state index contributed by atoms with van der Waals surface area (Å²) in [5, 5.41) is 4.22. The van der Waals surface area contributed by atoms with Gasteiger partial charge < -0.3 is 10.3 Å². The van der Waals surface area contributed by atoms with Crippen LogP contribution in [0.4, 0.5) is 0 Å². The number of carbonyl (C=O) groups is 1. The van der Waals surface area contributed by atoms with Crippen LogP contribution in [0.25, 0.3) is 10.9 Å². The van der Waals surface area contributed by atoms with Crippen LogP contribution in [-0.2, 0) is 11.2 Å². The van der Waals surface area contributed by atoms with Gasteiger partial charge in [-0.05, 0) is 43.5 Å². The number of aromatic nitrogens is 1. The SMILES string of the molecule is CCC(CC)NC(=O)Cc1c(C)[nH]c2ccc(Br)cc12. The van der Waals surface area contributed by atoms with E-state index in [1.807, 2.05) is 19.1 Å². The molecule has 0 fully saturated rings. The van der Waals surface area contributed by atoms with Gasteiger partial charge in [-0.3, -0.25) is 4.79 Å². The van der Waals surface area contributed by atoms with Crippen LogP contribution in [0.1, 0.15) is 37.9 Å². The summed E-state index contributed by atoms with van der Waals surface area (Å²) in [6.45, 7) is 6.22. The number of benzene rings is 1. The van der Waals surface area contributed by atoms with E-state index in [1.165, 1.54) is 0 Å². The van der Waals surface area contributed by atoms with Gasteiger partial charge in [-0.1, -0.05) is 29.8 Å². The zero-order valence-electron chi connectivity index (χ0n) is 12.2. The molecule has 1 aromatic carbocycles. The largest absolute Gasteiger partial charge is 0.358 e. The molecule has 1 aromatic heterocycles. The molecule has 4 heteroatoms. The molecular weight excluding hydrogens is 316 g/mol. The van der Waals surface area contributed by atoms with Gasteiger partial charge in [0.25, 0.3) is 0 Å². The van der Waals surface area contributed by atoms with Gasteiger partial charge in [-0.25, -0.2) is 0 Å². The Hall–Kier alpha value is -1.29. The van der Waals surface area contributed by atoms with E-state index < -0.39 is 0 Å². The van der Waals surface area contributed by atoms with Crippen LogP contribution in [0.3, 0.4) is 0 Å². The highest BCUT2D eigenvalue weighted by atomic mass is 79.9. The first kappa shape index (κ1) is 15.1. The van der Waals surface area contributed by atoms with Crippen LogP contribution >= 0.6 is 15.9 Å². The second-order valence-electron chi connectivity index (χ2n) is 5.18. The number of nitrogens with one attached hydrogen (secondary N) is 2. The van der Waals surface area contributed by atoms with Gasteiger partial charge in [0.1, 0.15) is 0 Å². The lowest BCUT2D eigenvalue weighted by Gasteiger charge is -2.14. The first-order chi connectivity index (χ1) is 9.55. The van der Waals surface area contributed by atoms with E-state index >= 15 is 0 Å². The third kappa shape index (κ3) is 3.23. The molecule has 0 unspecified atom stereocenters. The Morgan fingerprint density at radius 2 is 2.05 bits per heavy atom. The molecule has 2 aromatic rings. The number of aryl methyl sites for hydroxylation is 1. The predicted molar refractivity (Wildman–Crippen MR) is 87.0 cm³/mol. The van der Waals surface area contributed by atoms with Crippen molar-refractivity contribution >= 4 is 32.7 Å². The molecule has 0 aliphatic carbocycles. The van der Waals surface area contributed by atoms with E-state index in [9.17, 15) is 4.79 Å². The second-order valence-corrected chi connectivity index (χ2v) is 6.09. The monoisotopic (exact) mass is 336 g/mol. The average Bonchev–Trinajstić information content (AvgIpc) is 2.72. The Kier molecular flexibility index (Phi) is 4.86. The maximum atomic E-state index is 12.2. The van der Waals surface area contributed by atoms with Crippen LogP contribution in [0.5, 0.6) is 0 Å². The molecule has 3 nitrogen and oxygen atoms in total. The van der Waals surface area contributed by atoms with Crippen molar-refractivity contribution in [1.29, 1.82) is 0 Å².